The van der Waals surface area contributed by atoms with Gasteiger partial charge in [-0.2, -0.15) is 0 Å². The van der Waals surface area contributed by atoms with Gasteiger partial charge in [-0.3, -0.25) is 14.6 Å². The van der Waals surface area contributed by atoms with Gasteiger partial charge in [-0.05, 0) is 48.5 Å². The van der Waals surface area contributed by atoms with E-state index in [1.807, 2.05) is 53.4 Å². The second kappa shape index (κ2) is 8.89. The first-order valence-electron chi connectivity index (χ1n) is 10.9. The Kier molecular flexibility index (Phi) is 5.95. The van der Waals surface area contributed by atoms with Crippen LogP contribution in [-0.2, 0) is 6.54 Å². The van der Waals surface area contributed by atoms with Crippen molar-refractivity contribution in [1.29, 1.82) is 0 Å². The van der Waals surface area contributed by atoms with Crippen molar-refractivity contribution in [3.8, 4) is 11.5 Å². The number of carbonyl (C=O) groups is 1. The number of fused-ring (bicyclic) bond motifs is 1. The summed E-state index contributed by atoms with van der Waals surface area (Å²) in [5.74, 6) is 1.49. The fourth-order valence-electron chi connectivity index (χ4n) is 4.74. The van der Waals surface area contributed by atoms with Gasteiger partial charge < -0.3 is 14.8 Å². The molecule has 0 atom stereocenters. The molecular formula is C25H26ClN3O3S. The molecule has 6 nitrogen and oxygen atoms in total. The quantitative estimate of drug-likeness (QED) is 0.520. The molecule has 0 bridgehead atoms. The number of methoxy groups -OCH3 is 2. The maximum atomic E-state index is 13.8. The number of anilines is 2. The third kappa shape index (κ3) is 4.16. The average Bonchev–Trinajstić information content (AvgIpc) is 3.25. The fraction of sp³-hybridized carbons (Fsp3) is 0.320. The summed E-state index contributed by atoms with van der Waals surface area (Å²) in [6.07, 6.45) is 1.58. The lowest BCUT2D eigenvalue weighted by Gasteiger charge is -2.52. The SMILES string of the molecule is COc1ccc(N2C(=O)c3ccc(OC)cc3NC23CCN(Cc2ccc(Cl)s2)CC3)cc1. The van der Waals surface area contributed by atoms with Crippen LogP contribution in [0.2, 0.25) is 4.34 Å². The minimum Gasteiger partial charge on any atom is -0.497 e. The summed E-state index contributed by atoms with van der Waals surface area (Å²) in [4.78, 5) is 19.4. The molecule has 0 unspecified atom stereocenters. The van der Waals surface area contributed by atoms with Crippen molar-refractivity contribution in [2.24, 2.45) is 0 Å². The largest absolute Gasteiger partial charge is 0.497 e. The number of piperidine rings is 1. The molecule has 0 radical (unpaired) electrons. The molecule has 5 rings (SSSR count). The van der Waals surface area contributed by atoms with Gasteiger partial charge >= 0.3 is 0 Å². The van der Waals surface area contributed by atoms with Crippen molar-refractivity contribution in [3.63, 3.8) is 0 Å². The van der Waals surface area contributed by atoms with Gasteiger partial charge in [0.25, 0.3) is 5.91 Å². The van der Waals surface area contributed by atoms with Crippen LogP contribution in [0, 0.1) is 0 Å². The highest BCUT2D eigenvalue weighted by Crippen LogP contribution is 2.42. The zero-order valence-electron chi connectivity index (χ0n) is 18.6. The first-order valence-corrected chi connectivity index (χ1v) is 12.1. The van der Waals surface area contributed by atoms with E-state index in [4.69, 9.17) is 21.1 Å². The first kappa shape index (κ1) is 22.1. The predicted molar refractivity (Wildman–Crippen MR) is 133 cm³/mol. The number of hydrogen-bond donors (Lipinski definition) is 1. The third-order valence-corrected chi connectivity index (χ3v) is 7.69. The van der Waals surface area contributed by atoms with Gasteiger partial charge in [0.05, 0.1) is 29.8 Å². The molecule has 3 heterocycles. The van der Waals surface area contributed by atoms with Crippen molar-refractivity contribution in [1.82, 2.24) is 4.90 Å². The Morgan fingerprint density at radius 3 is 2.33 bits per heavy atom. The highest BCUT2D eigenvalue weighted by atomic mass is 35.5. The van der Waals surface area contributed by atoms with Gasteiger partial charge in [-0.1, -0.05) is 11.6 Å². The Morgan fingerprint density at radius 2 is 1.70 bits per heavy atom. The second-order valence-corrected chi connectivity index (χ2v) is 10.2. The Hall–Kier alpha value is -2.74. The molecule has 172 valence electrons. The lowest BCUT2D eigenvalue weighted by molar-refractivity contribution is 0.0904. The second-order valence-electron chi connectivity index (χ2n) is 8.39. The Labute approximate surface area is 202 Å². The Morgan fingerprint density at radius 1 is 1.00 bits per heavy atom. The molecule has 0 saturated carbocycles. The van der Waals surface area contributed by atoms with Crippen molar-refractivity contribution in [3.05, 3.63) is 69.4 Å². The van der Waals surface area contributed by atoms with Crippen LogP contribution in [0.25, 0.3) is 0 Å². The number of halogens is 1. The number of amides is 1. The molecule has 1 saturated heterocycles. The molecule has 1 amide bonds. The Bertz CT molecular complexity index is 1160. The molecule has 2 aliphatic heterocycles. The van der Waals surface area contributed by atoms with Crippen LogP contribution in [-0.4, -0.2) is 43.8 Å². The van der Waals surface area contributed by atoms with E-state index in [-0.39, 0.29) is 5.91 Å². The fourth-order valence-corrected chi connectivity index (χ4v) is 5.87. The van der Waals surface area contributed by atoms with Gasteiger partial charge in [-0.25, -0.2) is 0 Å². The summed E-state index contributed by atoms with van der Waals surface area (Å²) in [7, 11) is 3.28. The van der Waals surface area contributed by atoms with Gasteiger partial charge in [0, 0.05) is 49.1 Å². The van der Waals surface area contributed by atoms with Crippen LogP contribution in [0.15, 0.2) is 54.6 Å². The van der Waals surface area contributed by atoms with E-state index in [1.54, 1.807) is 25.6 Å². The van der Waals surface area contributed by atoms with E-state index in [2.05, 4.69) is 16.3 Å². The number of nitrogens with zero attached hydrogens (tertiary/aromatic N) is 2. The molecule has 1 spiro atoms. The van der Waals surface area contributed by atoms with Crippen LogP contribution < -0.4 is 19.7 Å². The third-order valence-electron chi connectivity index (χ3n) is 6.48. The number of likely N-dealkylation sites (tertiary alicyclic amines) is 1. The van der Waals surface area contributed by atoms with Crippen molar-refractivity contribution < 1.29 is 14.3 Å². The van der Waals surface area contributed by atoms with Crippen LogP contribution in [0.5, 0.6) is 11.5 Å². The van der Waals surface area contributed by atoms with E-state index >= 15 is 0 Å². The normalized spacial score (nSPS) is 17.5. The summed E-state index contributed by atoms with van der Waals surface area (Å²) >= 11 is 7.74. The topological polar surface area (TPSA) is 54.0 Å². The Balaban J connectivity index is 1.47. The summed E-state index contributed by atoms with van der Waals surface area (Å²) in [6, 6.07) is 17.3. The number of nitrogens with one attached hydrogen (secondary N) is 1. The van der Waals surface area contributed by atoms with E-state index in [0.29, 0.717) is 5.56 Å². The lowest BCUT2D eigenvalue weighted by Crippen LogP contribution is -2.64. The number of benzene rings is 2. The van der Waals surface area contributed by atoms with E-state index in [9.17, 15) is 4.79 Å². The highest BCUT2D eigenvalue weighted by Gasteiger charge is 2.47. The van der Waals surface area contributed by atoms with Gasteiger partial charge in [0.2, 0.25) is 0 Å². The maximum absolute atomic E-state index is 13.8. The van der Waals surface area contributed by atoms with Crippen LogP contribution in [0.3, 0.4) is 0 Å². The van der Waals surface area contributed by atoms with E-state index in [0.717, 1.165) is 59.7 Å². The molecule has 3 aromatic rings. The highest BCUT2D eigenvalue weighted by molar-refractivity contribution is 7.16. The zero-order valence-corrected chi connectivity index (χ0v) is 20.2. The van der Waals surface area contributed by atoms with Gasteiger partial charge in [0.15, 0.2) is 0 Å². The molecular weight excluding hydrogens is 458 g/mol. The lowest BCUT2D eigenvalue weighted by atomic mass is 9.89. The number of hydrogen-bond acceptors (Lipinski definition) is 6. The van der Waals surface area contributed by atoms with Crippen LogP contribution in [0.4, 0.5) is 11.4 Å². The number of rotatable bonds is 5. The minimum atomic E-state index is -0.519. The summed E-state index contributed by atoms with van der Waals surface area (Å²) in [5, 5.41) is 3.73. The number of carbonyl (C=O) groups excluding carboxylic acids is 1. The van der Waals surface area contributed by atoms with E-state index in [1.165, 1.54) is 4.88 Å². The number of thiophene rings is 1. The number of ether oxygens (including phenoxy) is 2. The van der Waals surface area contributed by atoms with E-state index < -0.39 is 5.66 Å². The summed E-state index contributed by atoms with van der Waals surface area (Å²) < 4.78 is 11.6. The van der Waals surface area contributed by atoms with Crippen molar-refractivity contribution in [2.45, 2.75) is 25.0 Å². The predicted octanol–water partition coefficient (Wildman–Crippen LogP) is 5.48. The summed E-state index contributed by atoms with van der Waals surface area (Å²) in [5.41, 5.74) is 1.80. The molecule has 2 aliphatic rings. The van der Waals surface area contributed by atoms with Crippen LogP contribution >= 0.6 is 22.9 Å². The molecule has 2 aromatic carbocycles. The first-order chi connectivity index (χ1) is 16.0. The monoisotopic (exact) mass is 483 g/mol. The molecule has 1 aromatic heterocycles. The molecule has 0 aliphatic carbocycles. The molecule has 8 heteroatoms. The standard InChI is InChI=1S/C25H26ClN3O3S/c1-31-18-5-3-17(4-6-18)29-24(30)21-9-7-19(32-2)15-22(21)27-25(29)11-13-28(14-12-25)16-20-8-10-23(26)33-20/h3-10,15,27H,11-14,16H2,1-2H3. The van der Waals surface area contributed by atoms with Crippen molar-refractivity contribution >= 4 is 40.2 Å². The zero-order chi connectivity index (χ0) is 23.0. The minimum absolute atomic E-state index is 0.00458. The van der Waals surface area contributed by atoms with Gasteiger partial charge in [-0.15, -0.1) is 11.3 Å². The van der Waals surface area contributed by atoms with Crippen molar-refractivity contribution in [2.75, 3.05) is 37.5 Å². The maximum Gasteiger partial charge on any atom is 0.262 e. The average molecular weight is 484 g/mol. The van der Waals surface area contributed by atoms with Gasteiger partial charge in [0.1, 0.15) is 17.2 Å². The summed E-state index contributed by atoms with van der Waals surface area (Å²) in [6.45, 7) is 2.60. The molecule has 1 N–H and O–H groups in total. The molecule has 1 fully saturated rings. The molecule has 33 heavy (non-hydrogen) atoms. The smallest absolute Gasteiger partial charge is 0.262 e. The van der Waals surface area contributed by atoms with Crippen LogP contribution in [0.1, 0.15) is 28.1 Å².